The third-order valence-electron chi connectivity index (χ3n) is 2.91. The first kappa shape index (κ1) is 11.6. The highest BCUT2D eigenvalue weighted by Crippen LogP contribution is 2.14. The number of carbonyl (C=O) groups excluding carboxylic acids is 1. The number of hydrogen-bond donors (Lipinski definition) is 2. The van der Waals surface area contributed by atoms with Crippen molar-refractivity contribution in [2.45, 2.75) is 19.0 Å². The molecule has 0 spiro atoms. The van der Waals surface area contributed by atoms with Gasteiger partial charge in [0, 0.05) is 13.1 Å². The zero-order chi connectivity index (χ0) is 12.4. The van der Waals surface area contributed by atoms with Gasteiger partial charge in [-0.05, 0) is 24.1 Å². The number of carboxylic acids is 1. The van der Waals surface area contributed by atoms with Crippen molar-refractivity contribution >= 4 is 11.9 Å². The minimum Gasteiger partial charge on any atom is -0.478 e. The SMILES string of the molecule is NC1CCN(Cc2ccc(C(=O)O)cc2)C1=O. The zero-order valence-electron chi connectivity index (χ0n) is 9.30. The molecule has 1 atom stereocenters. The standard InChI is InChI=1S/C12H14N2O3/c13-10-5-6-14(11(10)15)7-8-1-3-9(4-2-8)12(16)17/h1-4,10H,5-7,13H2,(H,16,17). The molecule has 5 nitrogen and oxygen atoms in total. The van der Waals surface area contributed by atoms with Crippen LogP contribution in [0.3, 0.4) is 0 Å². The van der Waals surface area contributed by atoms with Crippen LogP contribution in [-0.2, 0) is 11.3 Å². The summed E-state index contributed by atoms with van der Waals surface area (Å²) in [7, 11) is 0. The predicted molar refractivity (Wildman–Crippen MR) is 61.4 cm³/mol. The highest BCUT2D eigenvalue weighted by Gasteiger charge is 2.28. The molecule has 0 bridgehead atoms. The molecule has 90 valence electrons. The Bertz CT molecular complexity index is 442. The fourth-order valence-electron chi connectivity index (χ4n) is 1.89. The van der Waals surface area contributed by atoms with Crippen LogP contribution in [0.25, 0.3) is 0 Å². The number of likely N-dealkylation sites (tertiary alicyclic amines) is 1. The van der Waals surface area contributed by atoms with Crippen molar-refractivity contribution in [2.75, 3.05) is 6.54 Å². The fourth-order valence-corrected chi connectivity index (χ4v) is 1.89. The molecular weight excluding hydrogens is 220 g/mol. The molecule has 0 aliphatic carbocycles. The summed E-state index contributed by atoms with van der Waals surface area (Å²) in [5.74, 6) is -0.983. The van der Waals surface area contributed by atoms with E-state index in [9.17, 15) is 9.59 Å². The fraction of sp³-hybridized carbons (Fsp3) is 0.333. The first-order valence-electron chi connectivity index (χ1n) is 5.44. The molecule has 17 heavy (non-hydrogen) atoms. The second kappa shape index (κ2) is 4.55. The average molecular weight is 234 g/mol. The molecule has 0 radical (unpaired) electrons. The molecule has 2 rings (SSSR count). The van der Waals surface area contributed by atoms with Crippen LogP contribution in [0.4, 0.5) is 0 Å². The van der Waals surface area contributed by atoms with E-state index >= 15 is 0 Å². The lowest BCUT2D eigenvalue weighted by atomic mass is 10.1. The molecule has 1 heterocycles. The van der Waals surface area contributed by atoms with Crippen LogP contribution >= 0.6 is 0 Å². The minimum atomic E-state index is -0.948. The lowest BCUT2D eigenvalue weighted by Gasteiger charge is -2.15. The number of hydrogen-bond acceptors (Lipinski definition) is 3. The Hall–Kier alpha value is -1.88. The van der Waals surface area contributed by atoms with E-state index in [-0.39, 0.29) is 17.5 Å². The summed E-state index contributed by atoms with van der Waals surface area (Å²) >= 11 is 0. The monoisotopic (exact) mass is 234 g/mol. The van der Waals surface area contributed by atoms with E-state index in [1.165, 1.54) is 12.1 Å². The van der Waals surface area contributed by atoms with Gasteiger partial charge in [-0.2, -0.15) is 0 Å². The van der Waals surface area contributed by atoms with Gasteiger partial charge in [0.05, 0.1) is 11.6 Å². The Labute approximate surface area is 98.8 Å². The maximum Gasteiger partial charge on any atom is 0.335 e. The molecule has 1 amide bonds. The van der Waals surface area contributed by atoms with Gasteiger partial charge in [-0.1, -0.05) is 12.1 Å². The van der Waals surface area contributed by atoms with Crippen molar-refractivity contribution in [3.63, 3.8) is 0 Å². The third kappa shape index (κ3) is 2.45. The Balaban J connectivity index is 2.04. The van der Waals surface area contributed by atoms with E-state index in [4.69, 9.17) is 10.8 Å². The van der Waals surface area contributed by atoms with Gasteiger partial charge in [0.1, 0.15) is 0 Å². The molecule has 1 aromatic carbocycles. The topological polar surface area (TPSA) is 83.6 Å². The summed E-state index contributed by atoms with van der Waals surface area (Å²) in [6.45, 7) is 1.16. The number of carboxylic acid groups (broad SMARTS) is 1. The van der Waals surface area contributed by atoms with Crippen molar-refractivity contribution in [1.82, 2.24) is 4.90 Å². The third-order valence-corrected chi connectivity index (χ3v) is 2.91. The van der Waals surface area contributed by atoms with Crippen molar-refractivity contribution in [3.05, 3.63) is 35.4 Å². The number of nitrogens with two attached hydrogens (primary N) is 1. The van der Waals surface area contributed by atoms with Gasteiger partial charge in [0.15, 0.2) is 0 Å². The molecule has 1 saturated heterocycles. The minimum absolute atomic E-state index is 0.0349. The molecule has 5 heteroatoms. The molecule has 3 N–H and O–H groups in total. The first-order chi connectivity index (χ1) is 8.08. The summed E-state index contributed by atoms with van der Waals surface area (Å²) in [5, 5.41) is 8.76. The Morgan fingerprint density at radius 1 is 1.41 bits per heavy atom. The quantitative estimate of drug-likeness (QED) is 0.795. The molecular formula is C12H14N2O3. The van der Waals surface area contributed by atoms with Crippen LogP contribution in [-0.4, -0.2) is 34.5 Å². The number of rotatable bonds is 3. The van der Waals surface area contributed by atoms with Crippen molar-refractivity contribution in [2.24, 2.45) is 5.73 Å². The van der Waals surface area contributed by atoms with Crippen LogP contribution in [0.2, 0.25) is 0 Å². The van der Waals surface area contributed by atoms with Crippen LogP contribution in [0.5, 0.6) is 0 Å². The number of amides is 1. The predicted octanol–water partition coefficient (Wildman–Crippen LogP) is 0.444. The highest BCUT2D eigenvalue weighted by atomic mass is 16.4. The maximum atomic E-state index is 11.6. The van der Waals surface area contributed by atoms with E-state index in [1.807, 2.05) is 0 Å². The van der Waals surface area contributed by atoms with Crippen LogP contribution in [0, 0.1) is 0 Å². The summed E-state index contributed by atoms with van der Waals surface area (Å²) in [6.07, 6.45) is 0.687. The molecule has 1 aliphatic heterocycles. The zero-order valence-corrected chi connectivity index (χ0v) is 9.30. The summed E-state index contributed by atoms with van der Waals surface area (Å²) < 4.78 is 0. The second-order valence-electron chi connectivity index (χ2n) is 4.16. The summed E-state index contributed by atoms with van der Waals surface area (Å²) in [4.78, 5) is 24.0. The first-order valence-corrected chi connectivity index (χ1v) is 5.44. The second-order valence-corrected chi connectivity index (χ2v) is 4.16. The van der Waals surface area contributed by atoms with Crippen LogP contribution in [0.1, 0.15) is 22.3 Å². The lowest BCUT2D eigenvalue weighted by Crippen LogP contribution is -2.33. The Morgan fingerprint density at radius 3 is 2.53 bits per heavy atom. The highest BCUT2D eigenvalue weighted by molar-refractivity contribution is 5.87. The van der Waals surface area contributed by atoms with Crippen LogP contribution < -0.4 is 5.73 Å². The largest absolute Gasteiger partial charge is 0.478 e. The maximum absolute atomic E-state index is 11.6. The van der Waals surface area contributed by atoms with Crippen LogP contribution in [0.15, 0.2) is 24.3 Å². The van der Waals surface area contributed by atoms with Gasteiger partial charge in [-0.25, -0.2) is 4.79 Å². The van der Waals surface area contributed by atoms with E-state index in [0.29, 0.717) is 19.5 Å². The summed E-state index contributed by atoms with van der Waals surface area (Å²) in [5.41, 5.74) is 6.78. The van der Waals surface area contributed by atoms with Gasteiger partial charge >= 0.3 is 5.97 Å². The molecule has 1 aliphatic rings. The number of aromatic carboxylic acids is 1. The van der Waals surface area contributed by atoms with Gasteiger partial charge < -0.3 is 15.7 Å². The van der Waals surface area contributed by atoms with Gasteiger partial charge in [-0.15, -0.1) is 0 Å². The van der Waals surface area contributed by atoms with Crippen molar-refractivity contribution < 1.29 is 14.7 Å². The number of benzene rings is 1. The van der Waals surface area contributed by atoms with E-state index in [1.54, 1.807) is 17.0 Å². The van der Waals surface area contributed by atoms with E-state index < -0.39 is 5.97 Å². The van der Waals surface area contributed by atoms with Gasteiger partial charge in [-0.3, -0.25) is 4.79 Å². The Morgan fingerprint density at radius 2 is 2.06 bits per heavy atom. The molecule has 1 unspecified atom stereocenters. The number of nitrogens with zero attached hydrogens (tertiary/aromatic N) is 1. The number of carbonyl (C=O) groups is 2. The normalized spacial score (nSPS) is 19.7. The molecule has 1 fully saturated rings. The molecule has 0 aromatic heterocycles. The van der Waals surface area contributed by atoms with Gasteiger partial charge in [0.25, 0.3) is 0 Å². The lowest BCUT2D eigenvalue weighted by molar-refractivity contribution is -0.129. The Kier molecular flexibility index (Phi) is 3.10. The van der Waals surface area contributed by atoms with Crippen molar-refractivity contribution in [3.8, 4) is 0 Å². The van der Waals surface area contributed by atoms with E-state index in [2.05, 4.69) is 0 Å². The average Bonchev–Trinajstić information content (AvgIpc) is 2.62. The summed E-state index contributed by atoms with van der Waals surface area (Å²) in [6, 6.07) is 6.14. The van der Waals surface area contributed by atoms with Crippen molar-refractivity contribution in [1.29, 1.82) is 0 Å². The molecule has 1 aromatic rings. The smallest absolute Gasteiger partial charge is 0.335 e. The molecule has 0 saturated carbocycles. The van der Waals surface area contributed by atoms with Gasteiger partial charge in [0.2, 0.25) is 5.91 Å². The van der Waals surface area contributed by atoms with E-state index in [0.717, 1.165) is 5.56 Å².